The fourth-order valence-corrected chi connectivity index (χ4v) is 3.95. The summed E-state index contributed by atoms with van der Waals surface area (Å²) in [5.41, 5.74) is 4.74. The van der Waals surface area contributed by atoms with Crippen LogP contribution in [0.3, 0.4) is 0 Å². The van der Waals surface area contributed by atoms with E-state index >= 15 is 0 Å². The highest BCUT2D eigenvalue weighted by atomic mass is 16.5. The number of fused-ring (bicyclic) bond motifs is 1. The standard InChI is InChI=1S/C28H20N2O3/c29-18-19-6-8-21(9-7-19)28(22-10-13-30-14-11-22)33-27-17-26-24(25(31)12-15-32-26)16-23(27)20-4-2-1-3-5-20/h1-11,13-14,16-17,28H,12,15H2/t28-/m1/s1. The van der Waals surface area contributed by atoms with Crippen molar-refractivity contribution < 1.29 is 14.3 Å². The third kappa shape index (κ3) is 4.19. The highest BCUT2D eigenvalue weighted by molar-refractivity contribution is 6.01. The number of ketones is 1. The molecule has 0 aliphatic carbocycles. The average Bonchev–Trinajstić information content (AvgIpc) is 2.88. The summed E-state index contributed by atoms with van der Waals surface area (Å²) in [5, 5.41) is 9.18. The minimum atomic E-state index is -0.444. The second-order valence-corrected chi connectivity index (χ2v) is 7.74. The maximum absolute atomic E-state index is 12.6. The molecular formula is C28H20N2O3. The first-order valence-electron chi connectivity index (χ1n) is 10.7. The van der Waals surface area contributed by atoms with Gasteiger partial charge in [0.25, 0.3) is 0 Å². The number of hydrogen-bond donors (Lipinski definition) is 0. The van der Waals surface area contributed by atoms with Crippen LogP contribution in [-0.2, 0) is 0 Å². The van der Waals surface area contributed by atoms with Crippen molar-refractivity contribution in [1.82, 2.24) is 4.98 Å². The van der Waals surface area contributed by atoms with Crippen LogP contribution >= 0.6 is 0 Å². The van der Waals surface area contributed by atoms with Gasteiger partial charge in [0.1, 0.15) is 17.6 Å². The molecule has 4 aromatic rings. The first-order valence-corrected chi connectivity index (χ1v) is 10.7. The van der Waals surface area contributed by atoms with Crippen LogP contribution in [-0.4, -0.2) is 17.4 Å². The number of carbonyl (C=O) groups is 1. The molecule has 5 nitrogen and oxygen atoms in total. The van der Waals surface area contributed by atoms with Crippen LogP contribution in [0.5, 0.6) is 11.5 Å². The van der Waals surface area contributed by atoms with E-state index in [1.54, 1.807) is 24.5 Å². The van der Waals surface area contributed by atoms with E-state index in [2.05, 4.69) is 11.1 Å². The molecule has 3 aromatic carbocycles. The highest BCUT2D eigenvalue weighted by Gasteiger charge is 2.25. The Balaban J connectivity index is 1.64. The molecule has 1 aliphatic rings. The summed E-state index contributed by atoms with van der Waals surface area (Å²) >= 11 is 0. The lowest BCUT2D eigenvalue weighted by Crippen LogP contribution is -2.16. The number of rotatable bonds is 5. The van der Waals surface area contributed by atoms with Gasteiger partial charge in [-0.15, -0.1) is 0 Å². The van der Waals surface area contributed by atoms with Gasteiger partial charge in [-0.1, -0.05) is 42.5 Å². The summed E-state index contributed by atoms with van der Waals surface area (Å²) in [5.74, 6) is 1.22. The number of nitriles is 1. The van der Waals surface area contributed by atoms with E-state index in [4.69, 9.17) is 9.47 Å². The number of hydrogen-bond acceptors (Lipinski definition) is 5. The smallest absolute Gasteiger partial charge is 0.170 e. The topological polar surface area (TPSA) is 72.2 Å². The summed E-state index contributed by atoms with van der Waals surface area (Å²) in [6.07, 6.45) is 3.37. The maximum atomic E-state index is 12.6. The Morgan fingerprint density at radius 1 is 0.909 bits per heavy atom. The van der Waals surface area contributed by atoms with Crippen LogP contribution in [0, 0.1) is 11.3 Å². The van der Waals surface area contributed by atoms with Gasteiger partial charge in [-0.3, -0.25) is 9.78 Å². The normalized spacial score (nSPS) is 13.4. The van der Waals surface area contributed by atoms with E-state index in [1.807, 2.05) is 66.7 Å². The molecule has 33 heavy (non-hydrogen) atoms. The second kappa shape index (κ2) is 8.97. The third-order valence-corrected chi connectivity index (χ3v) is 5.65. The molecule has 1 aromatic heterocycles. The Kier molecular flexibility index (Phi) is 5.57. The van der Waals surface area contributed by atoms with Crippen molar-refractivity contribution in [2.24, 2.45) is 0 Å². The summed E-state index contributed by atoms with van der Waals surface area (Å²) < 4.78 is 12.4. The quantitative estimate of drug-likeness (QED) is 0.401. The zero-order valence-electron chi connectivity index (χ0n) is 17.8. The molecule has 0 N–H and O–H groups in total. The predicted molar refractivity (Wildman–Crippen MR) is 124 cm³/mol. The zero-order chi connectivity index (χ0) is 22.6. The van der Waals surface area contributed by atoms with Crippen molar-refractivity contribution in [3.8, 4) is 28.7 Å². The summed E-state index contributed by atoms with van der Waals surface area (Å²) in [4.78, 5) is 16.7. The summed E-state index contributed by atoms with van der Waals surface area (Å²) in [6, 6.07) is 26.8. The maximum Gasteiger partial charge on any atom is 0.170 e. The monoisotopic (exact) mass is 432 g/mol. The Bertz CT molecular complexity index is 1330. The van der Waals surface area contributed by atoms with E-state index in [9.17, 15) is 10.1 Å². The Labute approximate surface area is 191 Å². The number of ether oxygens (including phenoxy) is 2. The van der Waals surface area contributed by atoms with E-state index in [0.717, 1.165) is 22.3 Å². The number of pyridine rings is 1. The van der Waals surface area contributed by atoms with Gasteiger partial charge in [0.15, 0.2) is 5.78 Å². The fraction of sp³-hybridized carbons (Fsp3) is 0.107. The van der Waals surface area contributed by atoms with Gasteiger partial charge in [0.05, 0.1) is 23.8 Å². The van der Waals surface area contributed by atoms with Crippen molar-refractivity contribution in [1.29, 1.82) is 5.26 Å². The van der Waals surface area contributed by atoms with Gasteiger partial charge in [-0.2, -0.15) is 5.26 Å². The fourth-order valence-electron chi connectivity index (χ4n) is 3.95. The summed E-state index contributed by atoms with van der Waals surface area (Å²) in [7, 11) is 0. The van der Waals surface area contributed by atoms with Gasteiger partial charge < -0.3 is 9.47 Å². The molecule has 0 saturated heterocycles. The SMILES string of the molecule is N#Cc1ccc([C@@H](Oc2cc3c(cc2-c2ccccc2)C(=O)CCO3)c2ccncc2)cc1. The Hall–Kier alpha value is -4.43. The van der Waals surface area contributed by atoms with Gasteiger partial charge in [-0.05, 0) is 47.0 Å². The minimum absolute atomic E-state index is 0.0674. The second-order valence-electron chi connectivity index (χ2n) is 7.74. The molecule has 0 saturated carbocycles. The molecule has 1 atom stereocenters. The van der Waals surface area contributed by atoms with Crippen molar-refractivity contribution in [3.63, 3.8) is 0 Å². The Morgan fingerprint density at radius 3 is 2.36 bits per heavy atom. The van der Waals surface area contributed by atoms with Crippen LogP contribution in [0.15, 0.2) is 91.3 Å². The lowest BCUT2D eigenvalue weighted by Gasteiger charge is -2.25. The average molecular weight is 432 g/mol. The molecule has 0 unspecified atom stereocenters. The highest BCUT2D eigenvalue weighted by Crippen LogP contribution is 2.41. The number of benzene rings is 3. The predicted octanol–water partition coefficient (Wildman–Crippen LogP) is 5.75. The van der Waals surface area contributed by atoms with Gasteiger partial charge in [0, 0.05) is 30.4 Å². The van der Waals surface area contributed by atoms with Crippen LogP contribution < -0.4 is 9.47 Å². The van der Waals surface area contributed by atoms with Crippen molar-refractivity contribution in [2.45, 2.75) is 12.5 Å². The van der Waals surface area contributed by atoms with Crippen molar-refractivity contribution in [2.75, 3.05) is 6.61 Å². The first-order chi connectivity index (χ1) is 16.2. The first kappa shape index (κ1) is 20.5. The molecular weight excluding hydrogens is 412 g/mol. The van der Waals surface area contributed by atoms with Gasteiger partial charge >= 0.3 is 0 Å². The third-order valence-electron chi connectivity index (χ3n) is 5.65. The molecule has 0 spiro atoms. The lowest BCUT2D eigenvalue weighted by atomic mass is 9.96. The molecule has 2 heterocycles. The zero-order valence-corrected chi connectivity index (χ0v) is 17.8. The molecule has 0 bridgehead atoms. The van der Waals surface area contributed by atoms with E-state index in [0.29, 0.717) is 35.7 Å². The van der Waals surface area contributed by atoms with Gasteiger partial charge in [0.2, 0.25) is 0 Å². The molecule has 1 aliphatic heterocycles. The lowest BCUT2D eigenvalue weighted by molar-refractivity contribution is 0.0933. The van der Waals surface area contributed by atoms with E-state index in [-0.39, 0.29) is 5.78 Å². The van der Waals surface area contributed by atoms with E-state index in [1.165, 1.54) is 0 Å². The largest absolute Gasteiger partial charge is 0.492 e. The molecule has 0 radical (unpaired) electrons. The minimum Gasteiger partial charge on any atom is -0.492 e. The number of nitrogens with zero attached hydrogens (tertiary/aromatic N) is 2. The van der Waals surface area contributed by atoms with Crippen LogP contribution in [0.1, 0.15) is 39.6 Å². The summed E-state index contributed by atoms with van der Waals surface area (Å²) in [6.45, 7) is 0.360. The molecule has 0 amide bonds. The van der Waals surface area contributed by atoms with Crippen molar-refractivity contribution in [3.05, 3.63) is 114 Å². The van der Waals surface area contributed by atoms with Gasteiger partial charge in [-0.25, -0.2) is 0 Å². The Morgan fingerprint density at radius 2 is 1.64 bits per heavy atom. The number of aromatic nitrogens is 1. The molecule has 5 rings (SSSR count). The van der Waals surface area contributed by atoms with E-state index < -0.39 is 6.10 Å². The molecule has 0 fully saturated rings. The van der Waals surface area contributed by atoms with Crippen LogP contribution in [0.4, 0.5) is 0 Å². The molecule has 5 heteroatoms. The molecule has 160 valence electrons. The number of Topliss-reactive ketones (excluding diaryl/α,β-unsaturated/α-hetero) is 1. The van der Waals surface area contributed by atoms with Crippen LogP contribution in [0.2, 0.25) is 0 Å². The van der Waals surface area contributed by atoms with Crippen molar-refractivity contribution >= 4 is 5.78 Å². The number of carbonyl (C=O) groups excluding carboxylic acids is 1. The van der Waals surface area contributed by atoms with Crippen LogP contribution in [0.25, 0.3) is 11.1 Å².